The fraction of sp³-hybridized carbons (Fsp3) is 0.389. The minimum absolute atomic E-state index is 0.0152. The van der Waals surface area contributed by atoms with Gasteiger partial charge >= 0.3 is 0 Å². The van der Waals surface area contributed by atoms with Crippen LogP contribution in [0.1, 0.15) is 11.3 Å². The molecule has 1 aromatic carbocycles. The van der Waals surface area contributed by atoms with Crippen LogP contribution in [0.3, 0.4) is 0 Å². The summed E-state index contributed by atoms with van der Waals surface area (Å²) in [5, 5.41) is 2.06. The van der Waals surface area contributed by atoms with Crippen molar-refractivity contribution in [3.63, 3.8) is 0 Å². The summed E-state index contributed by atoms with van der Waals surface area (Å²) in [5.41, 5.74) is 0. The minimum Gasteiger partial charge on any atom is -0.340 e. The summed E-state index contributed by atoms with van der Waals surface area (Å²) in [5.74, 6) is -0.560. The number of piperazine rings is 1. The van der Waals surface area contributed by atoms with Gasteiger partial charge in [-0.25, -0.2) is 17.5 Å². The molecule has 9 heteroatoms. The summed E-state index contributed by atoms with van der Waals surface area (Å²) < 4.78 is 39.6. The second-order valence-corrected chi connectivity index (χ2v) is 9.14. The Kier molecular flexibility index (Phi) is 6.59. The van der Waals surface area contributed by atoms with Gasteiger partial charge in [0.2, 0.25) is 15.9 Å². The molecular weight excluding hydrogens is 389 g/mol. The molecular formula is C18H22FN3O3S2. The van der Waals surface area contributed by atoms with E-state index >= 15 is 0 Å². The number of nitrogens with one attached hydrogen (secondary N) is 1. The van der Waals surface area contributed by atoms with Crippen LogP contribution in [0.25, 0.3) is 0 Å². The van der Waals surface area contributed by atoms with Crippen LogP contribution in [-0.2, 0) is 21.4 Å². The zero-order chi connectivity index (χ0) is 19.3. The van der Waals surface area contributed by atoms with Gasteiger partial charge in [0.25, 0.3) is 0 Å². The number of nitrogens with zero attached hydrogens (tertiary/aromatic N) is 2. The van der Waals surface area contributed by atoms with Crippen molar-refractivity contribution >= 4 is 27.3 Å². The molecule has 146 valence electrons. The predicted octanol–water partition coefficient (Wildman–Crippen LogP) is 1.90. The van der Waals surface area contributed by atoms with Gasteiger partial charge in [-0.3, -0.25) is 9.69 Å². The molecule has 1 aliphatic heterocycles. The molecule has 27 heavy (non-hydrogen) atoms. The lowest BCUT2D eigenvalue weighted by atomic mass is 10.2. The van der Waals surface area contributed by atoms with Crippen molar-refractivity contribution in [1.29, 1.82) is 0 Å². The molecule has 0 radical (unpaired) electrons. The zero-order valence-corrected chi connectivity index (χ0v) is 16.4. The Morgan fingerprint density at radius 3 is 2.44 bits per heavy atom. The third-order valence-electron chi connectivity index (χ3n) is 4.44. The third kappa shape index (κ3) is 5.58. The highest BCUT2D eigenvalue weighted by Crippen LogP contribution is 2.14. The SMILES string of the molecule is O=C(CCNS(=O)(=O)c1ccc(F)cc1)N1CCN(Cc2cccs2)CC1. The quantitative estimate of drug-likeness (QED) is 0.756. The maximum absolute atomic E-state index is 12.9. The molecule has 0 aliphatic carbocycles. The van der Waals surface area contributed by atoms with E-state index in [-0.39, 0.29) is 23.8 Å². The molecule has 0 atom stereocenters. The van der Waals surface area contributed by atoms with Crippen LogP contribution >= 0.6 is 11.3 Å². The van der Waals surface area contributed by atoms with Crippen molar-refractivity contribution in [3.8, 4) is 0 Å². The van der Waals surface area contributed by atoms with Crippen LogP contribution in [-0.4, -0.2) is 56.8 Å². The first kappa shape index (κ1) is 19.9. The third-order valence-corrected chi connectivity index (χ3v) is 6.78. The number of carbonyl (C=O) groups excluding carboxylic acids is 1. The van der Waals surface area contributed by atoms with E-state index in [1.807, 2.05) is 6.07 Å². The van der Waals surface area contributed by atoms with Gasteiger partial charge in [-0.15, -0.1) is 11.3 Å². The van der Waals surface area contributed by atoms with Crippen LogP contribution in [0.15, 0.2) is 46.7 Å². The second kappa shape index (κ2) is 8.92. The summed E-state index contributed by atoms with van der Waals surface area (Å²) in [4.78, 5) is 17.7. The maximum Gasteiger partial charge on any atom is 0.240 e. The lowest BCUT2D eigenvalue weighted by Crippen LogP contribution is -2.48. The first-order valence-corrected chi connectivity index (χ1v) is 11.1. The Balaban J connectivity index is 1.41. The average Bonchev–Trinajstić information content (AvgIpc) is 3.15. The van der Waals surface area contributed by atoms with Gasteiger partial charge in [0, 0.05) is 50.6 Å². The molecule has 2 heterocycles. The largest absolute Gasteiger partial charge is 0.340 e. The van der Waals surface area contributed by atoms with E-state index in [2.05, 4.69) is 21.1 Å². The number of halogens is 1. The molecule has 0 spiro atoms. The molecule has 6 nitrogen and oxygen atoms in total. The minimum atomic E-state index is -3.74. The first-order valence-electron chi connectivity index (χ1n) is 8.72. The zero-order valence-electron chi connectivity index (χ0n) is 14.8. The number of hydrogen-bond donors (Lipinski definition) is 1. The molecule has 0 bridgehead atoms. The Bertz CT molecular complexity index is 846. The summed E-state index contributed by atoms with van der Waals surface area (Å²) in [6.07, 6.45) is 0.103. The highest BCUT2D eigenvalue weighted by atomic mass is 32.2. The Hall–Kier alpha value is -1.81. The molecule has 2 aromatic rings. The topological polar surface area (TPSA) is 69.7 Å². The second-order valence-electron chi connectivity index (χ2n) is 6.34. The van der Waals surface area contributed by atoms with Crippen molar-refractivity contribution in [2.75, 3.05) is 32.7 Å². The number of benzene rings is 1. The lowest BCUT2D eigenvalue weighted by Gasteiger charge is -2.34. The van der Waals surface area contributed by atoms with Crippen molar-refractivity contribution < 1.29 is 17.6 Å². The van der Waals surface area contributed by atoms with Crippen molar-refractivity contribution in [2.45, 2.75) is 17.9 Å². The molecule has 1 aromatic heterocycles. The average molecular weight is 412 g/mol. The van der Waals surface area contributed by atoms with Crippen LogP contribution in [0.4, 0.5) is 4.39 Å². The summed E-state index contributed by atoms with van der Waals surface area (Å²) in [6, 6.07) is 8.73. The highest BCUT2D eigenvalue weighted by Gasteiger charge is 2.22. The number of rotatable bonds is 7. The normalized spacial score (nSPS) is 15.8. The fourth-order valence-electron chi connectivity index (χ4n) is 2.93. The van der Waals surface area contributed by atoms with E-state index in [1.54, 1.807) is 16.2 Å². The van der Waals surface area contributed by atoms with Crippen LogP contribution < -0.4 is 4.72 Å². The van der Waals surface area contributed by atoms with Crippen LogP contribution in [0, 0.1) is 5.82 Å². The predicted molar refractivity (Wildman–Crippen MR) is 102 cm³/mol. The molecule has 0 unspecified atom stereocenters. The van der Waals surface area contributed by atoms with Crippen LogP contribution in [0.2, 0.25) is 0 Å². The smallest absolute Gasteiger partial charge is 0.240 e. The van der Waals surface area contributed by atoms with E-state index in [0.29, 0.717) is 13.1 Å². The Morgan fingerprint density at radius 1 is 1.11 bits per heavy atom. The van der Waals surface area contributed by atoms with Gasteiger partial charge in [0.05, 0.1) is 4.90 Å². The van der Waals surface area contributed by atoms with Crippen LogP contribution in [0.5, 0.6) is 0 Å². The number of carbonyl (C=O) groups is 1. The molecule has 3 rings (SSSR count). The van der Waals surface area contributed by atoms with Crippen molar-refractivity contribution in [2.24, 2.45) is 0 Å². The Labute approximate surface area is 162 Å². The van der Waals surface area contributed by atoms with E-state index < -0.39 is 15.8 Å². The molecule has 1 amide bonds. The van der Waals surface area contributed by atoms with E-state index in [1.165, 1.54) is 17.0 Å². The molecule has 1 aliphatic rings. The monoisotopic (exact) mass is 411 g/mol. The van der Waals surface area contributed by atoms with E-state index in [4.69, 9.17) is 0 Å². The van der Waals surface area contributed by atoms with Crippen molar-refractivity contribution in [3.05, 3.63) is 52.5 Å². The highest BCUT2D eigenvalue weighted by molar-refractivity contribution is 7.89. The van der Waals surface area contributed by atoms with E-state index in [0.717, 1.165) is 31.8 Å². The summed E-state index contributed by atoms with van der Waals surface area (Å²) >= 11 is 1.73. The summed E-state index contributed by atoms with van der Waals surface area (Å²) in [7, 11) is -3.74. The first-order chi connectivity index (χ1) is 12.9. The van der Waals surface area contributed by atoms with Gasteiger partial charge in [-0.1, -0.05) is 6.07 Å². The number of sulfonamides is 1. The number of amides is 1. The van der Waals surface area contributed by atoms with Gasteiger partial charge < -0.3 is 4.90 Å². The number of thiophene rings is 1. The van der Waals surface area contributed by atoms with E-state index in [9.17, 15) is 17.6 Å². The van der Waals surface area contributed by atoms with Gasteiger partial charge in [0.1, 0.15) is 5.82 Å². The molecule has 1 N–H and O–H groups in total. The fourth-order valence-corrected chi connectivity index (χ4v) is 4.70. The standard InChI is InChI=1S/C18H22FN3O3S2/c19-15-3-5-17(6-4-15)27(24,25)20-8-7-18(23)22-11-9-21(10-12-22)14-16-2-1-13-26-16/h1-6,13,20H,7-12,14H2. The van der Waals surface area contributed by atoms with Gasteiger partial charge in [0.15, 0.2) is 0 Å². The molecule has 0 saturated carbocycles. The maximum atomic E-state index is 12.9. The number of hydrogen-bond acceptors (Lipinski definition) is 5. The molecule has 1 fully saturated rings. The van der Waals surface area contributed by atoms with Gasteiger partial charge in [-0.2, -0.15) is 0 Å². The molecule has 1 saturated heterocycles. The summed E-state index contributed by atoms with van der Waals surface area (Å²) in [6.45, 7) is 3.84. The van der Waals surface area contributed by atoms with Gasteiger partial charge in [-0.05, 0) is 35.7 Å². The van der Waals surface area contributed by atoms with Crippen molar-refractivity contribution in [1.82, 2.24) is 14.5 Å². The lowest BCUT2D eigenvalue weighted by molar-refractivity contribution is -0.132. The Morgan fingerprint density at radius 2 is 1.81 bits per heavy atom.